The van der Waals surface area contributed by atoms with Crippen LogP contribution in [-0.2, 0) is 4.74 Å². The van der Waals surface area contributed by atoms with E-state index < -0.39 is 37.4 Å². The summed E-state index contributed by atoms with van der Waals surface area (Å²) in [7, 11) is 0. The molecular formula is C10H15FN2O4S. The van der Waals surface area contributed by atoms with Crippen LogP contribution in [-0.4, -0.2) is 62.8 Å². The Morgan fingerprint density at radius 2 is 2.22 bits per heavy atom. The molecule has 2 rings (SSSR count). The van der Waals surface area contributed by atoms with E-state index in [2.05, 4.69) is 5.32 Å². The van der Waals surface area contributed by atoms with E-state index in [1.54, 1.807) is 6.92 Å². The van der Waals surface area contributed by atoms with Gasteiger partial charge in [-0.25, -0.2) is 4.39 Å². The van der Waals surface area contributed by atoms with Crippen LogP contribution in [0.3, 0.4) is 0 Å². The molecule has 102 valence electrons. The van der Waals surface area contributed by atoms with Crippen molar-refractivity contribution in [2.24, 2.45) is 0 Å². The number of alkyl halides is 1. The number of nitrogens with zero attached hydrogens (tertiary/aromatic N) is 1. The summed E-state index contributed by atoms with van der Waals surface area (Å²) in [4.78, 5) is 1.29. The fourth-order valence-corrected chi connectivity index (χ4v) is 2.19. The Balaban J connectivity index is 2.19. The third-order valence-corrected chi connectivity index (χ3v) is 3.35. The maximum absolute atomic E-state index is 13.9. The molecule has 1 fully saturated rings. The van der Waals surface area contributed by atoms with Gasteiger partial charge in [-0.05, 0) is 24.7 Å². The molecule has 2 heterocycles. The summed E-state index contributed by atoms with van der Waals surface area (Å²) in [5.74, 6) is 0. The van der Waals surface area contributed by atoms with Gasteiger partial charge < -0.3 is 25.4 Å². The molecule has 0 aliphatic carbocycles. The highest BCUT2D eigenvalue weighted by molar-refractivity contribution is 7.80. The van der Waals surface area contributed by atoms with Crippen LogP contribution in [0.4, 0.5) is 4.39 Å². The molecule has 6 nitrogen and oxygen atoms in total. The molecule has 0 amide bonds. The number of hydrogen-bond acceptors (Lipinski definition) is 5. The Morgan fingerprint density at radius 3 is 2.78 bits per heavy atom. The van der Waals surface area contributed by atoms with Crippen LogP contribution in [0.2, 0.25) is 0 Å². The molecular weight excluding hydrogens is 263 g/mol. The van der Waals surface area contributed by atoms with E-state index in [0.29, 0.717) is 5.57 Å². The Labute approximate surface area is 109 Å². The third kappa shape index (κ3) is 2.21. The SMILES string of the molecule is CC1=CN([C@H]2O[C@@H](CO)C(O)[C@H]2F)C(=S)NC1O. The zero-order valence-corrected chi connectivity index (χ0v) is 10.5. The highest BCUT2D eigenvalue weighted by atomic mass is 32.1. The minimum atomic E-state index is -1.69. The van der Waals surface area contributed by atoms with Crippen molar-refractivity contribution in [1.29, 1.82) is 0 Å². The molecule has 18 heavy (non-hydrogen) atoms. The van der Waals surface area contributed by atoms with E-state index in [9.17, 15) is 14.6 Å². The third-order valence-electron chi connectivity index (χ3n) is 3.02. The van der Waals surface area contributed by atoms with Gasteiger partial charge in [-0.3, -0.25) is 4.90 Å². The predicted molar refractivity (Wildman–Crippen MR) is 64.0 cm³/mol. The largest absolute Gasteiger partial charge is 0.394 e. The lowest BCUT2D eigenvalue weighted by Gasteiger charge is -2.34. The average Bonchev–Trinajstić information content (AvgIpc) is 2.61. The molecule has 0 aromatic rings. The van der Waals surface area contributed by atoms with Crippen molar-refractivity contribution < 1.29 is 24.4 Å². The van der Waals surface area contributed by atoms with Crippen molar-refractivity contribution in [2.45, 2.75) is 37.8 Å². The Hall–Kier alpha value is -0.800. The predicted octanol–water partition coefficient (Wildman–Crippen LogP) is -1.19. The minimum absolute atomic E-state index is 0.103. The van der Waals surface area contributed by atoms with E-state index in [0.717, 1.165) is 0 Å². The van der Waals surface area contributed by atoms with Crippen LogP contribution in [0.15, 0.2) is 11.8 Å². The second-order valence-electron chi connectivity index (χ2n) is 4.32. The summed E-state index contributed by atoms with van der Waals surface area (Å²) in [5.41, 5.74) is 0.543. The van der Waals surface area contributed by atoms with Crippen LogP contribution in [0, 0.1) is 0 Å². The molecule has 0 radical (unpaired) electrons. The monoisotopic (exact) mass is 278 g/mol. The second kappa shape index (κ2) is 5.06. The Bertz CT molecular complexity index is 381. The number of rotatable bonds is 2. The lowest BCUT2D eigenvalue weighted by Crippen LogP contribution is -2.53. The van der Waals surface area contributed by atoms with Crippen LogP contribution >= 0.6 is 12.2 Å². The normalized spacial score (nSPS) is 40.7. The molecule has 0 aromatic carbocycles. The first-order valence-electron chi connectivity index (χ1n) is 5.49. The molecule has 2 unspecified atom stereocenters. The van der Waals surface area contributed by atoms with Gasteiger partial charge in [0, 0.05) is 6.20 Å². The number of thiocarbonyl (C=S) groups is 1. The molecule has 0 saturated carbocycles. The fraction of sp³-hybridized carbons (Fsp3) is 0.700. The summed E-state index contributed by atoms with van der Waals surface area (Å²) in [5, 5.41) is 30.7. The number of nitrogens with one attached hydrogen (secondary N) is 1. The van der Waals surface area contributed by atoms with E-state index in [1.807, 2.05) is 0 Å². The van der Waals surface area contributed by atoms with Gasteiger partial charge in [-0.1, -0.05) is 0 Å². The number of halogens is 1. The topological polar surface area (TPSA) is 85.2 Å². The molecule has 0 bridgehead atoms. The van der Waals surface area contributed by atoms with Gasteiger partial charge in [0.05, 0.1) is 6.61 Å². The van der Waals surface area contributed by atoms with E-state index in [4.69, 9.17) is 22.1 Å². The molecule has 2 aliphatic rings. The van der Waals surface area contributed by atoms with Crippen molar-refractivity contribution in [1.82, 2.24) is 10.2 Å². The summed E-state index contributed by atoms with van der Waals surface area (Å²) in [6.07, 6.45) is -4.63. The smallest absolute Gasteiger partial charge is 0.177 e. The number of hydrogen-bond donors (Lipinski definition) is 4. The van der Waals surface area contributed by atoms with Gasteiger partial charge in [0.15, 0.2) is 17.5 Å². The van der Waals surface area contributed by atoms with Gasteiger partial charge in [0.1, 0.15) is 18.4 Å². The first kappa shape index (κ1) is 13.6. The fourth-order valence-electron chi connectivity index (χ4n) is 1.92. The quantitative estimate of drug-likeness (QED) is 0.473. The molecule has 5 atom stereocenters. The van der Waals surface area contributed by atoms with E-state index in [1.165, 1.54) is 11.1 Å². The Kier molecular flexibility index (Phi) is 3.83. The molecule has 4 N–H and O–H groups in total. The summed E-state index contributed by atoms with van der Waals surface area (Å²) in [6.45, 7) is 1.17. The van der Waals surface area contributed by atoms with Crippen LogP contribution in [0.5, 0.6) is 0 Å². The van der Waals surface area contributed by atoms with Crippen molar-refractivity contribution in [3.8, 4) is 0 Å². The summed E-state index contributed by atoms with van der Waals surface area (Å²) < 4.78 is 19.1. The van der Waals surface area contributed by atoms with Gasteiger partial charge in [0.2, 0.25) is 0 Å². The lowest BCUT2D eigenvalue weighted by molar-refractivity contribution is -0.0543. The van der Waals surface area contributed by atoms with Gasteiger partial charge >= 0.3 is 0 Å². The van der Waals surface area contributed by atoms with Gasteiger partial charge in [0.25, 0.3) is 0 Å². The zero-order valence-electron chi connectivity index (χ0n) is 9.65. The second-order valence-corrected chi connectivity index (χ2v) is 4.70. The van der Waals surface area contributed by atoms with Crippen molar-refractivity contribution >= 4 is 17.3 Å². The van der Waals surface area contributed by atoms with Gasteiger partial charge in [-0.15, -0.1) is 0 Å². The van der Waals surface area contributed by atoms with Crippen LogP contribution in [0.25, 0.3) is 0 Å². The summed E-state index contributed by atoms with van der Waals surface area (Å²) >= 11 is 4.98. The molecule has 2 aliphatic heterocycles. The van der Waals surface area contributed by atoms with Crippen LogP contribution in [0.1, 0.15) is 6.92 Å². The van der Waals surface area contributed by atoms with E-state index in [-0.39, 0.29) is 5.11 Å². The summed E-state index contributed by atoms with van der Waals surface area (Å²) in [6, 6.07) is 0. The average molecular weight is 278 g/mol. The molecule has 0 spiro atoms. The minimum Gasteiger partial charge on any atom is -0.394 e. The van der Waals surface area contributed by atoms with E-state index >= 15 is 0 Å². The number of aliphatic hydroxyl groups is 3. The van der Waals surface area contributed by atoms with Crippen molar-refractivity contribution in [3.05, 3.63) is 11.8 Å². The standard InChI is InChI=1S/C10H15FN2O4S/c1-4-2-13(10(18)12-8(4)16)9-6(11)7(15)5(3-14)17-9/h2,5-9,14-16H,3H2,1H3,(H,12,18)/t5-,6+,7?,8?,9-/m0/s1. The highest BCUT2D eigenvalue weighted by Gasteiger charge is 2.47. The number of ether oxygens (including phenoxy) is 1. The zero-order chi connectivity index (χ0) is 13.4. The van der Waals surface area contributed by atoms with Crippen molar-refractivity contribution in [2.75, 3.05) is 6.61 Å². The van der Waals surface area contributed by atoms with Crippen LogP contribution < -0.4 is 5.32 Å². The molecule has 8 heteroatoms. The first-order chi connectivity index (χ1) is 8.45. The van der Waals surface area contributed by atoms with Gasteiger partial charge in [-0.2, -0.15) is 0 Å². The Morgan fingerprint density at radius 1 is 1.56 bits per heavy atom. The maximum Gasteiger partial charge on any atom is 0.177 e. The molecule has 1 saturated heterocycles. The lowest BCUT2D eigenvalue weighted by atomic mass is 10.1. The first-order valence-corrected chi connectivity index (χ1v) is 5.90. The maximum atomic E-state index is 13.9. The number of aliphatic hydroxyl groups excluding tert-OH is 3. The highest BCUT2D eigenvalue weighted by Crippen LogP contribution is 2.28. The van der Waals surface area contributed by atoms with Crippen molar-refractivity contribution in [3.63, 3.8) is 0 Å². The molecule has 0 aromatic heterocycles.